The molecular weight excluding hydrogens is 726 g/mol. The molecule has 2 unspecified atom stereocenters. The fourth-order valence-corrected chi connectivity index (χ4v) is 12.2. The lowest BCUT2D eigenvalue weighted by atomic mass is 9.69. The molecule has 2 aliphatic carbocycles. The molecule has 5 aliphatic heterocycles. The fraction of sp³-hybridized carbons (Fsp3) is 0.489. The number of aromatic nitrogens is 2. The van der Waals surface area contributed by atoms with Gasteiger partial charge in [-0.1, -0.05) is 55.1 Å². The summed E-state index contributed by atoms with van der Waals surface area (Å²) in [4.78, 5) is 60.3. The molecule has 6 heterocycles. The zero-order chi connectivity index (χ0) is 37.9. The standard InChI is InChI=1S/C45H46ClN5O5/c46-33-5-4-6-35-38(33)41(54)48-43-45(15-2-1-3-16-45)32-22-28(9-12-34(32)51(35)43)27-8-7-26(21-27)23-49-19-17-44(18-20-49)25-56-39-30-24-50(36-13-14-37(52)47-40(36)53)42(55)29(30)10-11-31(39)44/h4-6,9-12,22,26-27,36H,1-3,7-8,13-21,23-25H2,(H,47,52,53)/t26?,27?,36-/m0/s1. The van der Waals surface area contributed by atoms with Crippen LogP contribution in [0.4, 0.5) is 0 Å². The molecule has 56 heavy (non-hydrogen) atoms. The van der Waals surface area contributed by atoms with Crippen molar-refractivity contribution in [2.45, 2.75) is 106 Å². The lowest BCUT2D eigenvalue weighted by Crippen LogP contribution is -2.52. The number of hydrogen-bond acceptors (Lipinski definition) is 7. The van der Waals surface area contributed by atoms with Crippen molar-refractivity contribution in [2.24, 2.45) is 5.92 Å². The number of ether oxygens (including phenoxy) is 1. The maximum absolute atomic E-state index is 13.4. The highest BCUT2D eigenvalue weighted by Gasteiger charge is 2.49. The minimum atomic E-state index is -0.629. The van der Waals surface area contributed by atoms with Gasteiger partial charge in [-0.25, -0.2) is 0 Å². The second-order valence-electron chi connectivity index (χ2n) is 17.7. The Morgan fingerprint density at radius 2 is 1.75 bits per heavy atom. The van der Waals surface area contributed by atoms with Crippen molar-refractivity contribution in [2.75, 3.05) is 26.2 Å². The van der Waals surface area contributed by atoms with Crippen molar-refractivity contribution in [1.29, 1.82) is 0 Å². The van der Waals surface area contributed by atoms with E-state index in [1.165, 1.54) is 42.4 Å². The van der Waals surface area contributed by atoms with Gasteiger partial charge in [0.25, 0.3) is 11.5 Å². The molecule has 2 saturated heterocycles. The summed E-state index contributed by atoms with van der Waals surface area (Å²) >= 11 is 6.58. The summed E-state index contributed by atoms with van der Waals surface area (Å²) in [6.07, 6.45) is 11.8. The van der Waals surface area contributed by atoms with Crippen LogP contribution in [0.25, 0.3) is 16.6 Å². The summed E-state index contributed by atoms with van der Waals surface area (Å²) in [6, 6.07) is 16.3. The predicted molar refractivity (Wildman–Crippen MR) is 212 cm³/mol. The van der Waals surface area contributed by atoms with Crippen LogP contribution in [0.3, 0.4) is 0 Å². The van der Waals surface area contributed by atoms with Crippen molar-refractivity contribution in [3.05, 3.63) is 97.5 Å². The van der Waals surface area contributed by atoms with Gasteiger partial charge in [0.15, 0.2) is 0 Å². The third-order valence-corrected chi connectivity index (χ3v) is 15.2. The number of carbonyl (C=O) groups is 3. The number of imide groups is 1. The topological polar surface area (TPSA) is 114 Å². The van der Waals surface area contributed by atoms with Crippen molar-refractivity contribution < 1.29 is 19.1 Å². The maximum Gasteiger partial charge on any atom is 0.282 e. The molecule has 3 aromatic carbocycles. The summed E-state index contributed by atoms with van der Waals surface area (Å²) in [7, 11) is 0. The summed E-state index contributed by atoms with van der Waals surface area (Å²) in [5.41, 5.74) is 6.99. The Balaban J connectivity index is 0.783. The predicted octanol–water partition coefficient (Wildman–Crippen LogP) is 6.67. The fourth-order valence-electron chi connectivity index (χ4n) is 11.9. The molecule has 10 nitrogen and oxygen atoms in total. The largest absolute Gasteiger partial charge is 0.492 e. The van der Waals surface area contributed by atoms with E-state index >= 15 is 0 Å². The molecule has 3 atom stereocenters. The van der Waals surface area contributed by atoms with Gasteiger partial charge in [0, 0.05) is 35.1 Å². The third kappa shape index (κ3) is 5.06. The average Bonchev–Trinajstić information content (AvgIpc) is 3.96. The van der Waals surface area contributed by atoms with E-state index in [4.69, 9.17) is 21.3 Å². The van der Waals surface area contributed by atoms with E-state index in [9.17, 15) is 19.2 Å². The van der Waals surface area contributed by atoms with Gasteiger partial charge < -0.3 is 14.5 Å². The van der Waals surface area contributed by atoms with E-state index in [1.807, 2.05) is 18.2 Å². The van der Waals surface area contributed by atoms with Crippen LogP contribution in [0.1, 0.15) is 121 Å². The van der Waals surface area contributed by atoms with Gasteiger partial charge in [0.2, 0.25) is 11.8 Å². The van der Waals surface area contributed by atoms with Crippen molar-refractivity contribution in [3.8, 4) is 11.4 Å². The first-order valence-corrected chi connectivity index (χ1v) is 21.1. The van der Waals surface area contributed by atoms with Gasteiger partial charge in [-0.05, 0) is 112 Å². The highest BCUT2D eigenvalue weighted by atomic mass is 35.5. The number of halogens is 1. The second-order valence-corrected chi connectivity index (χ2v) is 18.2. The smallest absolute Gasteiger partial charge is 0.282 e. The monoisotopic (exact) mass is 771 g/mol. The number of hydrogen-bond donors (Lipinski definition) is 1. The van der Waals surface area contributed by atoms with E-state index in [-0.39, 0.29) is 40.5 Å². The number of carbonyl (C=O) groups excluding carboxylic acids is 3. The van der Waals surface area contributed by atoms with Crippen LogP contribution in [-0.4, -0.2) is 69.4 Å². The number of nitrogens with one attached hydrogen (secondary N) is 1. The van der Waals surface area contributed by atoms with Crippen LogP contribution in [-0.2, 0) is 27.0 Å². The second kappa shape index (κ2) is 12.7. The summed E-state index contributed by atoms with van der Waals surface area (Å²) in [5, 5.41) is 3.37. The first-order valence-electron chi connectivity index (χ1n) is 20.8. The SMILES string of the molecule is O=C1CC[C@H](N2Cc3c(ccc4c3OCC43CCN(CC4CCC(c5ccc6c(c5)C5(CCCCC5)c5nc(=O)c7c(Cl)cccc7n5-6)C4)CC3)C2=O)C(=O)N1. The molecule has 3 amide bonds. The number of benzene rings is 3. The van der Waals surface area contributed by atoms with Gasteiger partial charge in [-0.2, -0.15) is 4.98 Å². The normalized spacial score (nSPS) is 26.1. The van der Waals surface area contributed by atoms with Crippen LogP contribution >= 0.6 is 11.6 Å². The molecule has 2 spiro atoms. The highest BCUT2D eigenvalue weighted by molar-refractivity contribution is 6.35. The van der Waals surface area contributed by atoms with Gasteiger partial charge in [0.1, 0.15) is 17.6 Å². The minimum absolute atomic E-state index is 0.0579. The Morgan fingerprint density at radius 3 is 2.57 bits per heavy atom. The summed E-state index contributed by atoms with van der Waals surface area (Å²) < 4.78 is 8.68. The number of rotatable bonds is 4. The van der Waals surface area contributed by atoms with Gasteiger partial charge >= 0.3 is 0 Å². The van der Waals surface area contributed by atoms with Crippen LogP contribution in [0.15, 0.2) is 53.3 Å². The van der Waals surface area contributed by atoms with E-state index in [0.29, 0.717) is 47.4 Å². The molecule has 11 heteroatoms. The Morgan fingerprint density at radius 1 is 0.911 bits per heavy atom. The maximum atomic E-state index is 13.4. The summed E-state index contributed by atoms with van der Waals surface area (Å²) in [6.45, 7) is 4.12. The molecule has 0 bridgehead atoms. The minimum Gasteiger partial charge on any atom is -0.492 e. The van der Waals surface area contributed by atoms with E-state index in [1.54, 1.807) is 11.0 Å². The van der Waals surface area contributed by atoms with E-state index in [2.05, 4.69) is 39.0 Å². The molecule has 7 aliphatic rings. The van der Waals surface area contributed by atoms with Crippen LogP contribution < -0.4 is 15.6 Å². The number of fused-ring (bicyclic) bond motifs is 11. The zero-order valence-electron chi connectivity index (χ0n) is 31.6. The Bertz CT molecular complexity index is 2430. The zero-order valence-corrected chi connectivity index (χ0v) is 32.3. The Kier molecular flexibility index (Phi) is 7.89. The van der Waals surface area contributed by atoms with Gasteiger partial charge in [-0.15, -0.1) is 0 Å². The van der Waals surface area contributed by atoms with E-state index < -0.39 is 6.04 Å². The van der Waals surface area contributed by atoms with E-state index in [0.717, 1.165) is 86.5 Å². The van der Waals surface area contributed by atoms with Crippen molar-refractivity contribution in [1.82, 2.24) is 24.7 Å². The lowest BCUT2D eigenvalue weighted by Gasteiger charge is -2.39. The van der Waals surface area contributed by atoms with Crippen molar-refractivity contribution in [3.63, 3.8) is 0 Å². The molecule has 0 radical (unpaired) electrons. The molecule has 4 aromatic rings. The molecule has 1 N–H and O–H groups in total. The number of nitrogens with zero attached hydrogens (tertiary/aromatic N) is 4. The third-order valence-electron chi connectivity index (χ3n) is 14.9. The number of likely N-dealkylation sites (tertiary alicyclic amines) is 1. The molecular formula is C45H46ClN5O5. The Hall–Kier alpha value is -4.54. The molecule has 288 valence electrons. The van der Waals surface area contributed by atoms with Crippen molar-refractivity contribution >= 4 is 40.2 Å². The van der Waals surface area contributed by atoms with Gasteiger partial charge in [-0.3, -0.25) is 29.1 Å². The number of piperidine rings is 2. The number of amides is 3. The average molecular weight is 772 g/mol. The molecule has 1 aromatic heterocycles. The first kappa shape index (κ1) is 34.7. The van der Waals surface area contributed by atoms with Crippen LogP contribution in [0.5, 0.6) is 5.75 Å². The first-order chi connectivity index (χ1) is 27.2. The lowest BCUT2D eigenvalue weighted by molar-refractivity contribution is -0.136. The molecule has 2 saturated carbocycles. The highest BCUT2D eigenvalue weighted by Crippen LogP contribution is 2.54. The Labute approximate surface area is 330 Å². The molecule has 4 fully saturated rings. The molecule has 11 rings (SSSR count). The van der Waals surface area contributed by atoms with Gasteiger partial charge in [0.05, 0.1) is 40.2 Å². The van der Waals surface area contributed by atoms with Crippen LogP contribution in [0, 0.1) is 5.92 Å². The summed E-state index contributed by atoms with van der Waals surface area (Å²) in [5.74, 6) is 2.08. The quantitative estimate of drug-likeness (QED) is 0.231. The van der Waals surface area contributed by atoms with Crippen LogP contribution in [0.2, 0.25) is 5.02 Å².